The lowest BCUT2D eigenvalue weighted by Gasteiger charge is -2.44. The van der Waals surface area contributed by atoms with Crippen molar-refractivity contribution >= 4 is 29.8 Å². The highest BCUT2D eigenvalue weighted by Crippen LogP contribution is 2.28. The third-order valence-corrected chi connectivity index (χ3v) is 3.35. The predicted molar refractivity (Wildman–Crippen MR) is 85.8 cm³/mol. The summed E-state index contributed by atoms with van der Waals surface area (Å²) in [7, 11) is 0. The van der Waals surface area contributed by atoms with Crippen molar-refractivity contribution in [2.45, 2.75) is 65.3 Å². The van der Waals surface area contributed by atoms with Crippen molar-refractivity contribution in [1.29, 1.82) is 0 Å². The standard InChI is InChI=1S/C16H23NO10/c1-7(18)17-13-15(25-10(4)21)14(24-9(3)20)12(6-23-8(2)19)27-16(13)26-11(5)22/h12-16H,6H2,1-5H3,(H,17,18)/t12-,13-,14-,15-,16?/m0/s1. The average Bonchev–Trinajstić information content (AvgIpc) is 2.49. The molecule has 1 amide bonds. The van der Waals surface area contributed by atoms with E-state index in [0.29, 0.717) is 0 Å². The lowest BCUT2D eigenvalue weighted by atomic mass is 9.96. The number of nitrogens with one attached hydrogen (secondary N) is 1. The molecule has 0 radical (unpaired) electrons. The summed E-state index contributed by atoms with van der Waals surface area (Å²) in [6.45, 7) is 5.36. The summed E-state index contributed by atoms with van der Waals surface area (Å²) < 4.78 is 25.9. The first-order chi connectivity index (χ1) is 12.5. The normalized spacial score (nSPS) is 27.1. The van der Waals surface area contributed by atoms with Crippen LogP contribution in [0.25, 0.3) is 0 Å². The molecule has 1 saturated heterocycles. The van der Waals surface area contributed by atoms with Crippen molar-refractivity contribution in [3.05, 3.63) is 0 Å². The lowest BCUT2D eigenvalue weighted by molar-refractivity contribution is -0.270. The second kappa shape index (κ2) is 9.86. The third kappa shape index (κ3) is 7.21. The monoisotopic (exact) mass is 389 g/mol. The van der Waals surface area contributed by atoms with Crippen molar-refractivity contribution in [1.82, 2.24) is 5.32 Å². The molecule has 0 aromatic rings. The Hall–Kier alpha value is -2.69. The first-order valence-electron chi connectivity index (χ1n) is 8.08. The van der Waals surface area contributed by atoms with Gasteiger partial charge >= 0.3 is 23.9 Å². The number of hydrogen-bond acceptors (Lipinski definition) is 10. The van der Waals surface area contributed by atoms with Gasteiger partial charge in [-0.15, -0.1) is 0 Å². The zero-order chi connectivity index (χ0) is 20.7. The Kier molecular flexibility index (Phi) is 8.16. The minimum atomic E-state index is -1.37. The summed E-state index contributed by atoms with van der Waals surface area (Å²) in [5.74, 6) is -3.34. The van der Waals surface area contributed by atoms with Gasteiger partial charge in [-0.1, -0.05) is 0 Å². The Balaban J connectivity index is 3.29. The number of carbonyl (C=O) groups excluding carboxylic acids is 5. The van der Waals surface area contributed by atoms with Gasteiger partial charge in [0, 0.05) is 34.6 Å². The fourth-order valence-corrected chi connectivity index (χ4v) is 2.55. The van der Waals surface area contributed by atoms with E-state index < -0.39 is 60.4 Å². The largest absolute Gasteiger partial charge is 0.463 e. The highest BCUT2D eigenvalue weighted by molar-refractivity contribution is 5.74. The molecule has 1 fully saturated rings. The van der Waals surface area contributed by atoms with Crippen LogP contribution in [0.4, 0.5) is 0 Å². The number of esters is 4. The smallest absolute Gasteiger partial charge is 0.305 e. The minimum Gasteiger partial charge on any atom is -0.463 e. The molecule has 1 aliphatic heterocycles. The Morgan fingerprint density at radius 3 is 1.74 bits per heavy atom. The Bertz CT molecular complexity index is 604. The maximum atomic E-state index is 11.6. The molecule has 11 heteroatoms. The highest BCUT2D eigenvalue weighted by Gasteiger charge is 2.52. The SMILES string of the molecule is CC(=O)N[C@@H]1C(OC(C)=O)O[C@@H](COC(C)=O)[C@H](OC(C)=O)[C@H]1OC(C)=O. The van der Waals surface area contributed by atoms with E-state index in [2.05, 4.69) is 5.32 Å². The fraction of sp³-hybridized carbons (Fsp3) is 0.688. The molecule has 27 heavy (non-hydrogen) atoms. The number of ether oxygens (including phenoxy) is 5. The average molecular weight is 389 g/mol. The van der Waals surface area contributed by atoms with Crippen LogP contribution in [0.3, 0.4) is 0 Å². The van der Waals surface area contributed by atoms with Crippen LogP contribution in [0.2, 0.25) is 0 Å². The van der Waals surface area contributed by atoms with Crippen LogP contribution in [0.1, 0.15) is 34.6 Å². The van der Waals surface area contributed by atoms with Crippen molar-refractivity contribution in [2.24, 2.45) is 0 Å². The van der Waals surface area contributed by atoms with Gasteiger partial charge in [0.05, 0.1) is 0 Å². The molecule has 11 nitrogen and oxygen atoms in total. The van der Waals surface area contributed by atoms with E-state index in [4.69, 9.17) is 23.7 Å². The van der Waals surface area contributed by atoms with E-state index in [1.807, 2.05) is 0 Å². The van der Waals surface area contributed by atoms with Crippen molar-refractivity contribution < 1.29 is 47.7 Å². The molecular weight excluding hydrogens is 366 g/mol. The third-order valence-electron chi connectivity index (χ3n) is 3.35. The molecule has 5 atom stereocenters. The minimum absolute atomic E-state index is 0.365. The molecule has 152 valence electrons. The van der Waals surface area contributed by atoms with Crippen LogP contribution in [0.5, 0.6) is 0 Å². The molecule has 0 aliphatic carbocycles. The molecule has 0 spiro atoms. The molecule has 0 aromatic carbocycles. The Labute approximate surface area is 155 Å². The van der Waals surface area contributed by atoms with E-state index in [1.165, 1.54) is 6.92 Å². The molecular formula is C16H23NO10. The van der Waals surface area contributed by atoms with Crippen molar-refractivity contribution in [3.8, 4) is 0 Å². The van der Waals surface area contributed by atoms with Crippen LogP contribution >= 0.6 is 0 Å². The quantitative estimate of drug-likeness (QED) is 0.453. The van der Waals surface area contributed by atoms with E-state index in [0.717, 1.165) is 27.7 Å². The Morgan fingerprint density at radius 2 is 1.30 bits per heavy atom. The summed E-state index contributed by atoms with van der Waals surface area (Å²) in [5, 5.41) is 2.46. The first-order valence-corrected chi connectivity index (χ1v) is 8.08. The van der Waals surface area contributed by atoms with E-state index >= 15 is 0 Å². The van der Waals surface area contributed by atoms with Crippen molar-refractivity contribution in [3.63, 3.8) is 0 Å². The molecule has 1 rings (SSSR count). The summed E-state index contributed by atoms with van der Waals surface area (Å²) in [6, 6.07) is -1.16. The van der Waals surface area contributed by atoms with Gasteiger partial charge < -0.3 is 29.0 Å². The van der Waals surface area contributed by atoms with Gasteiger partial charge in [-0.25, -0.2) is 0 Å². The summed E-state index contributed by atoms with van der Waals surface area (Å²) in [5.41, 5.74) is 0. The summed E-state index contributed by atoms with van der Waals surface area (Å²) in [4.78, 5) is 57.2. The van der Waals surface area contributed by atoms with Gasteiger partial charge in [0.25, 0.3) is 0 Å². The van der Waals surface area contributed by atoms with Crippen LogP contribution in [-0.2, 0) is 47.7 Å². The summed E-state index contributed by atoms with van der Waals surface area (Å²) in [6.07, 6.45) is -4.97. The van der Waals surface area contributed by atoms with Crippen molar-refractivity contribution in [2.75, 3.05) is 6.61 Å². The maximum absolute atomic E-state index is 11.6. The molecule has 0 aromatic heterocycles. The molecule has 1 aliphatic rings. The molecule has 1 N–H and O–H groups in total. The second-order valence-electron chi connectivity index (χ2n) is 5.83. The molecule has 0 bridgehead atoms. The highest BCUT2D eigenvalue weighted by atomic mass is 16.7. The maximum Gasteiger partial charge on any atom is 0.305 e. The van der Waals surface area contributed by atoms with Crippen LogP contribution in [0, 0.1) is 0 Å². The van der Waals surface area contributed by atoms with Crippen LogP contribution in [-0.4, -0.2) is 67.0 Å². The van der Waals surface area contributed by atoms with Gasteiger partial charge in [-0.2, -0.15) is 0 Å². The Morgan fingerprint density at radius 1 is 0.778 bits per heavy atom. The molecule has 1 unspecified atom stereocenters. The number of carbonyl (C=O) groups is 5. The second-order valence-corrected chi connectivity index (χ2v) is 5.83. The molecule has 1 heterocycles. The van der Waals surface area contributed by atoms with Gasteiger partial charge in [0.2, 0.25) is 12.2 Å². The van der Waals surface area contributed by atoms with E-state index in [-0.39, 0.29) is 6.61 Å². The zero-order valence-corrected chi connectivity index (χ0v) is 15.7. The first kappa shape index (κ1) is 22.4. The van der Waals surface area contributed by atoms with Gasteiger partial charge in [0.15, 0.2) is 12.2 Å². The van der Waals surface area contributed by atoms with Gasteiger partial charge in [0.1, 0.15) is 18.8 Å². The van der Waals surface area contributed by atoms with Crippen LogP contribution < -0.4 is 5.32 Å². The van der Waals surface area contributed by atoms with Crippen LogP contribution in [0.15, 0.2) is 0 Å². The van der Waals surface area contributed by atoms with E-state index in [1.54, 1.807) is 0 Å². The fourth-order valence-electron chi connectivity index (χ4n) is 2.55. The zero-order valence-electron chi connectivity index (χ0n) is 15.7. The number of rotatable bonds is 6. The predicted octanol–water partition coefficient (Wildman–Crippen LogP) is -0.794. The van der Waals surface area contributed by atoms with E-state index in [9.17, 15) is 24.0 Å². The number of amides is 1. The number of hydrogen-bond donors (Lipinski definition) is 1. The topological polar surface area (TPSA) is 144 Å². The lowest BCUT2D eigenvalue weighted by Crippen LogP contribution is -2.66. The summed E-state index contributed by atoms with van der Waals surface area (Å²) >= 11 is 0. The van der Waals surface area contributed by atoms with Gasteiger partial charge in [-0.05, 0) is 0 Å². The molecule has 0 saturated carbocycles. The van der Waals surface area contributed by atoms with Gasteiger partial charge in [-0.3, -0.25) is 24.0 Å².